The maximum absolute atomic E-state index is 13.5. The van der Waals surface area contributed by atoms with Gasteiger partial charge in [-0.3, -0.25) is 0 Å². The first-order valence-electron chi connectivity index (χ1n) is 5.80. The van der Waals surface area contributed by atoms with Crippen LogP contribution in [0.5, 0.6) is 0 Å². The maximum Gasteiger partial charge on any atom is 0.426 e. The molecule has 1 aliphatic carbocycles. The zero-order valence-corrected chi connectivity index (χ0v) is 12.8. The molecule has 1 aromatic rings. The molecule has 0 atom stereocenters. The lowest BCUT2D eigenvalue weighted by Crippen LogP contribution is -2.10. The molecule has 0 heterocycles. The number of hydrogen-bond donors (Lipinski definition) is 0. The molecule has 1 fully saturated rings. The molecule has 0 radical (unpaired) electrons. The number of rotatable bonds is 1. The first-order valence-corrected chi connectivity index (χ1v) is 6.88. The summed E-state index contributed by atoms with van der Waals surface area (Å²) >= 11 is 1.23. The molecule has 7 heteroatoms. The summed E-state index contributed by atoms with van der Waals surface area (Å²) in [7, 11) is 0. The molecule has 0 N–H and O–H groups in total. The van der Waals surface area contributed by atoms with Crippen molar-refractivity contribution in [3.8, 4) is 12.1 Å². The van der Waals surface area contributed by atoms with Gasteiger partial charge in [-0.15, -0.1) is 0 Å². The fourth-order valence-electron chi connectivity index (χ4n) is 2.01. The molecule has 1 aliphatic rings. The van der Waals surface area contributed by atoms with Crippen LogP contribution in [0.1, 0.15) is 5.56 Å². The summed E-state index contributed by atoms with van der Waals surface area (Å²) in [6, 6.07) is 10.8. The molecule has 0 unspecified atom stereocenters. The van der Waals surface area contributed by atoms with E-state index in [1.165, 1.54) is 34.7 Å². The van der Waals surface area contributed by atoms with Crippen LogP contribution < -0.4 is 0 Å². The van der Waals surface area contributed by atoms with E-state index < -0.39 is 21.2 Å². The van der Waals surface area contributed by atoms with Crippen LogP contribution in [0.15, 0.2) is 56.5 Å². The summed E-state index contributed by atoms with van der Waals surface area (Å²) in [4.78, 5) is 0. The van der Waals surface area contributed by atoms with Crippen LogP contribution in [0.4, 0.5) is 17.6 Å². The largest absolute Gasteiger partial charge is 0.426 e. The molecule has 22 heavy (non-hydrogen) atoms. The molecule has 0 aromatic heterocycles. The minimum absolute atomic E-state index is 0.0885. The van der Waals surface area contributed by atoms with Crippen LogP contribution in [-0.2, 0) is 0 Å². The number of nitrogens with zero attached hydrogens (tertiary/aromatic N) is 2. The highest BCUT2D eigenvalue weighted by Crippen LogP contribution is 2.55. The molecule has 0 aliphatic heterocycles. The Morgan fingerprint density at radius 3 is 1.95 bits per heavy atom. The van der Waals surface area contributed by atoms with Crippen molar-refractivity contribution in [2.75, 3.05) is 0 Å². The van der Waals surface area contributed by atoms with Gasteiger partial charge in [0, 0.05) is 16.7 Å². The summed E-state index contributed by atoms with van der Waals surface area (Å²) in [5, 5.41) is 18.0. The number of hydrogen-bond acceptors (Lipinski definition) is 2. The normalized spacial score (nSPS) is 20.7. The van der Waals surface area contributed by atoms with Crippen molar-refractivity contribution in [3.63, 3.8) is 0 Å². The topological polar surface area (TPSA) is 47.6 Å². The first-order chi connectivity index (χ1) is 10.3. The van der Waals surface area contributed by atoms with Gasteiger partial charge in [-0.2, -0.15) is 28.1 Å². The summed E-state index contributed by atoms with van der Waals surface area (Å²) in [5.74, 6) is 0. The van der Waals surface area contributed by atoms with Gasteiger partial charge in [-0.1, -0.05) is 30.3 Å². The third kappa shape index (κ3) is 2.90. The molecule has 0 amide bonds. The Labute approximate surface area is 136 Å². The fraction of sp³-hybridized carbons (Fsp3) is 0.0667. The van der Waals surface area contributed by atoms with Crippen molar-refractivity contribution < 1.29 is 17.6 Å². The molecule has 2 rings (SSSR count). The lowest BCUT2D eigenvalue weighted by atomic mass is 10.1. The highest BCUT2D eigenvalue weighted by molar-refractivity contribution is 14.1. The predicted octanol–water partition coefficient (Wildman–Crippen LogP) is 4.98. The quantitative estimate of drug-likeness (QED) is 0.369. The van der Waals surface area contributed by atoms with E-state index >= 15 is 0 Å². The van der Waals surface area contributed by atoms with Crippen molar-refractivity contribution in [2.45, 2.75) is 6.18 Å². The Kier molecular flexibility index (Phi) is 4.38. The van der Waals surface area contributed by atoms with Gasteiger partial charge in [0.05, 0.1) is 5.57 Å². The van der Waals surface area contributed by atoms with E-state index in [-0.39, 0.29) is 16.7 Å². The second-order valence-corrected chi connectivity index (χ2v) is 5.17. The van der Waals surface area contributed by atoms with Crippen molar-refractivity contribution in [1.82, 2.24) is 0 Å². The second-order valence-electron chi connectivity index (χ2n) is 4.22. The third-order valence-electron chi connectivity index (χ3n) is 2.95. The van der Waals surface area contributed by atoms with Crippen LogP contribution in [0.2, 0.25) is 0 Å². The van der Waals surface area contributed by atoms with Gasteiger partial charge in [-0.25, -0.2) is 0 Å². The van der Waals surface area contributed by atoms with E-state index in [0.717, 1.165) is 6.07 Å². The first kappa shape index (κ1) is 16.2. The molecule has 0 spiro atoms. The smallest absolute Gasteiger partial charge is 0.199 e. The Hall–Kier alpha value is -2.13. The molecule has 110 valence electrons. The van der Waals surface area contributed by atoms with Crippen molar-refractivity contribution >= 4 is 28.2 Å². The summed E-state index contributed by atoms with van der Waals surface area (Å²) in [5.41, 5.74) is -2.24. The average molecular weight is 416 g/mol. The minimum atomic E-state index is -4.90. The van der Waals surface area contributed by atoms with Gasteiger partial charge in [0.15, 0.2) is 3.83 Å². The number of halogens is 5. The van der Waals surface area contributed by atoms with Crippen LogP contribution >= 0.6 is 22.6 Å². The molecule has 1 aromatic carbocycles. The third-order valence-corrected chi connectivity index (χ3v) is 3.49. The van der Waals surface area contributed by atoms with Gasteiger partial charge < -0.3 is 0 Å². The van der Waals surface area contributed by atoms with E-state index in [2.05, 4.69) is 0 Å². The SMILES string of the molecule is N#C/C(=C1/C(=C(F)I)/C1=C(/C#N)c1ccccc1)C(F)(F)F. The number of alkyl halides is 3. The van der Waals surface area contributed by atoms with Gasteiger partial charge in [-0.05, 0) is 28.2 Å². The second kappa shape index (κ2) is 5.93. The average Bonchev–Trinajstić information content (AvgIpc) is 3.15. The van der Waals surface area contributed by atoms with Gasteiger partial charge >= 0.3 is 6.18 Å². The summed E-state index contributed by atoms with van der Waals surface area (Å²) in [6.07, 6.45) is -4.90. The van der Waals surface area contributed by atoms with E-state index in [4.69, 9.17) is 5.26 Å². The van der Waals surface area contributed by atoms with E-state index in [1.807, 2.05) is 0 Å². The molecule has 0 bridgehead atoms. The highest BCUT2D eigenvalue weighted by atomic mass is 127. The van der Waals surface area contributed by atoms with E-state index in [9.17, 15) is 22.8 Å². The van der Waals surface area contributed by atoms with E-state index in [1.54, 1.807) is 24.3 Å². The monoisotopic (exact) mass is 416 g/mol. The zero-order valence-electron chi connectivity index (χ0n) is 10.7. The molecule has 1 saturated carbocycles. The molecular weight excluding hydrogens is 411 g/mol. The van der Waals surface area contributed by atoms with Gasteiger partial charge in [0.1, 0.15) is 17.7 Å². The minimum Gasteiger partial charge on any atom is -0.199 e. The van der Waals surface area contributed by atoms with Crippen LogP contribution in [0.25, 0.3) is 5.57 Å². The Morgan fingerprint density at radius 2 is 1.55 bits per heavy atom. The summed E-state index contributed by atoms with van der Waals surface area (Å²) < 4.78 is 51.2. The molecule has 2 nitrogen and oxygen atoms in total. The standard InChI is InChI=1S/C15H5F4IN2/c16-14(20)13-11(12(13)10(7-22)15(17,18)19)9(6-21)8-4-2-1-3-5-8/h1-5H/b11-9-,12-10-,14-13?. The predicted molar refractivity (Wildman–Crippen MR) is 79.8 cm³/mol. The Balaban J connectivity index is 2.79. The Bertz CT molecular complexity index is 799. The van der Waals surface area contributed by atoms with Gasteiger partial charge in [0.2, 0.25) is 0 Å². The lowest BCUT2D eigenvalue weighted by molar-refractivity contribution is -0.0875. The molecular formula is C15H5F4IN2. The Morgan fingerprint density at radius 1 is 0.955 bits per heavy atom. The lowest BCUT2D eigenvalue weighted by Gasteiger charge is -2.01. The summed E-state index contributed by atoms with van der Waals surface area (Å²) in [6.45, 7) is 0. The number of nitriles is 2. The number of allylic oxidation sites excluding steroid dienone is 5. The number of benzene rings is 1. The zero-order chi connectivity index (χ0) is 16.5. The van der Waals surface area contributed by atoms with Crippen molar-refractivity contribution in [2.24, 2.45) is 0 Å². The van der Waals surface area contributed by atoms with E-state index in [0.29, 0.717) is 5.56 Å². The van der Waals surface area contributed by atoms with Crippen LogP contribution in [-0.4, -0.2) is 6.18 Å². The maximum atomic E-state index is 13.5. The van der Waals surface area contributed by atoms with Crippen molar-refractivity contribution in [1.29, 1.82) is 10.5 Å². The van der Waals surface area contributed by atoms with Gasteiger partial charge in [0.25, 0.3) is 0 Å². The molecule has 0 saturated heterocycles. The fourth-order valence-corrected chi connectivity index (χ4v) is 2.55. The van der Waals surface area contributed by atoms with Crippen LogP contribution in [0, 0.1) is 22.7 Å². The van der Waals surface area contributed by atoms with Crippen molar-refractivity contribution in [3.05, 3.63) is 62.0 Å². The van der Waals surface area contributed by atoms with Crippen LogP contribution in [0.3, 0.4) is 0 Å². The highest BCUT2D eigenvalue weighted by Gasteiger charge is 2.48.